The number of aromatic nitrogens is 4. The van der Waals surface area contributed by atoms with E-state index in [4.69, 9.17) is 4.74 Å². The predicted molar refractivity (Wildman–Crippen MR) is 102 cm³/mol. The number of aliphatic hydroxyl groups is 1. The molecule has 1 aliphatic rings. The van der Waals surface area contributed by atoms with Crippen molar-refractivity contribution in [3.8, 4) is 0 Å². The van der Waals surface area contributed by atoms with Crippen molar-refractivity contribution in [2.75, 3.05) is 13.1 Å². The maximum atomic E-state index is 12.5. The normalized spacial score (nSPS) is 17.5. The second kappa shape index (κ2) is 6.80. The molecule has 0 bridgehead atoms. The largest absolute Gasteiger partial charge is 0.444 e. The molecular formula is C16H22IN5O4. The number of carbonyl (C=O) groups is 1. The number of ether oxygens (including phenoxy) is 1. The van der Waals surface area contributed by atoms with Crippen molar-refractivity contribution in [2.24, 2.45) is 0 Å². The van der Waals surface area contributed by atoms with Gasteiger partial charge >= 0.3 is 11.8 Å². The van der Waals surface area contributed by atoms with Crippen molar-refractivity contribution in [3.63, 3.8) is 0 Å². The minimum atomic E-state index is -1.09. The summed E-state index contributed by atoms with van der Waals surface area (Å²) < 4.78 is 8.73. The predicted octanol–water partition coefficient (Wildman–Crippen LogP) is 1.26. The lowest BCUT2D eigenvalue weighted by Gasteiger charge is -2.38. The summed E-state index contributed by atoms with van der Waals surface area (Å²) >= 11 is 2.06. The first-order valence-electron chi connectivity index (χ1n) is 8.37. The Bertz CT molecular complexity index is 877. The molecular weight excluding hydrogens is 453 g/mol. The Morgan fingerprint density at radius 2 is 2.04 bits per heavy atom. The van der Waals surface area contributed by atoms with E-state index < -0.39 is 11.2 Å². The van der Waals surface area contributed by atoms with E-state index in [2.05, 4.69) is 32.7 Å². The second-order valence-corrected chi connectivity index (χ2v) is 8.74. The Morgan fingerprint density at radius 1 is 1.38 bits per heavy atom. The summed E-state index contributed by atoms with van der Waals surface area (Å²) in [5.74, 6) is 0. The van der Waals surface area contributed by atoms with E-state index >= 15 is 0 Å². The lowest BCUT2D eigenvalue weighted by molar-refractivity contribution is -0.0423. The number of hydrogen-bond donors (Lipinski definition) is 1. The van der Waals surface area contributed by atoms with E-state index in [1.807, 2.05) is 20.8 Å². The van der Waals surface area contributed by atoms with E-state index in [-0.39, 0.29) is 18.3 Å². The summed E-state index contributed by atoms with van der Waals surface area (Å²) in [6.45, 7) is 6.30. The zero-order chi connectivity index (χ0) is 19.1. The molecule has 26 heavy (non-hydrogen) atoms. The van der Waals surface area contributed by atoms with Gasteiger partial charge in [-0.2, -0.15) is 9.61 Å². The lowest BCUT2D eigenvalue weighted by atomic mass is 9.91. The molecule has 0 atom stereocenters. The topological polar surface area (TPSA) is 102 Å². The number of hydrogen-bond acceptors (Lipinski definition) is 6. The number of nitrogens with zero attached hydrogens (tertiary/aromatic N) is 5. The van der Waals surface area contributed by atoms with Gasteiger partial charge in [-0.1, -0.05) is 0 Å². The lowest BCUT2D eigenvalue weighted by Crippen LogP contribution is -2.51. The molecule has 2 aromatic rings. The van der Waals surface area contributed by atoms with Crippen LogP contribution in [0.1, 0.15) is 33.6 Å². The molecule has 1 N–H and O–H groups in total. The van der Waals surface area contributed by atoms with Crippen LogP contribution < -0.4 is 5.69 Å². The van der Waals surface area contributed by atoms with Crippen LogP contribution in [-0.2, 0) is 11.3 Å². The van der Waals surface area contributed by atoms with Gasteiger partial charge in [0.1, 0.15) is 11.9 Å². The van der Waals surface area contributed by atoms with Crippen LogP contribution in [0.5, 0.6) is 0 Å². The Kier molecular flexibility index (Phi) is 4.99. The van der Waals surface area contributed by atoms with Crippen LogP contribution in [0.2, 0.25) is 0 Å². The quantitative estimate of drug-likeness (QED) is 0.657. The van der Waals surface area contributed by atoms with Crippen LogP contribution in [0.3, 0.4) is 0 Å². The zero-order valence-electron chi connectivity index (χ0n) is 15.0. The van der Waals surface area contributed by atoms with E-state index in [0.717, 1.165) is 3.57 Å². The fraction of sp³-hybridized carbons (Fsp3) is 0.625. The molecule has 1 aliphatic heterocycles. The summed E-state index contributed by atoms with van der Waals surface area (Å²) in [5, 5.41) is 14.9. The van der Waals surface area contributed by atoms with Gasteiger partial charge in [-0.3, -0.25) is 4.57 Å². The molecule has 0 spiro atoms. The molecule has 142 valence electrons. The average Bonchev–Trinajstić information content (AvgIpc) is 2.91. The van der Waals surface area contributed by atoms with Gasteiger partial charge < -0.3 is 14.7 Å². The van der Waals surface area contributed by atoms with E-state index in [9.17, 15) is 14.7 Å². The first-order chi connectivity index (χ1) is 12.1. The summed E-state index contributed by atoms with van der Waals surface area (Å²) in [4.78, 5) is 30.5. The Labute approximate surface area is 164 Å². The zero-order valence-corrected chi connectivity index (χ0v) is 17.1. The standard InChI is InChI=1S/C16H22IN5O4/c1-15(2,3)26-14(24)20-6-4-16(25,5-7-20)9-21-10-18-12-11(17)8-19-22(12)13(21)23/h8,10,25H,4-7,9H2,1-3H3. The Hall–Kier alpha value is -1.69. The maximum Gasteiger partial charge on any atom is 0.410 e. The van der Waals surface area contributed by atoms with Crippen molar-refractivity contribution < 1.29 is 14.6 Å². The third-order valence-electron chi connectivity index (χ3n) is 4.26. The molecule has 3 heterocycles. The third kappa shape index (κ3) is 4.00. The van der Waals surface area contributed by atoms with Gasteiger partial charge in [0.05, 0.1) is 21.9 Å². The molecule has 1 saturated heterocycles. The molecule has 1 fully saturated rings. The van der Waals surface area contributed by atoms with Gasteiger partial charge in [0.2, 0.25) is 0 Å². The number of fused-ring (bicyclic) bond motifs is 1. The molecule has 0 saturated carbocycles. The van der Waals surface area contributed by atoms with Crippen molar-refractivity contribution >= 4 is 34.3 Å². The van der Waals surface area contributed by atoms with E-state index in [1.54, 1.807) is 11.1 Å². The minimum absolute atomic E-state index is 0.105. The van der Waals surface area contributed by atoms with Gasteiger partial charge in [0.15, 0.2) is 5.65 Å². The minimum Gasteiger partial charge on any atom is -0.444 e. The van der Waals surface area contributed by atoms with E-state index in [1.165, 1.54) is 15.4 Å². The molecule has 3 rings (SSSR count). The van der Waals surface area contributed by atoms with Gasteiger partial charge in [0.25, 0.3) is 0 Å². The van der Waals surface area contributed by atoms with Gasteiger partial charge in [0, 0.05) is 13.1 Å². The summed E-state index contributed by atoms with van der Waals surface area (Å²) in [6, 6.07) is 0. The van der Waals surface area contributed by atoms with Crippen molar-refractivity contribution in [2.45, 2.75) is 51.4 Å². The fourth-order valence-electron chi connectivity index (χ4n) is 2.89. The van der Waals surface area contributed by atoms with Crippen LogP contribution in [-0.4, -0.2) is 59.6 Å². The Balaban J connectivity index is 1.69. The average molecular weight is 475 g/mol. The molecule has 10 heteroatoms. The number of halogens is 1. The van der Waals surface area contributed by atoms with Crippen molar-refractivity contribution in [1.82, 2.24) is 24.1 Å². The monoisotopic (exact) mass is 475 g/mol. The number of likely N-dealkylation sites (tertiary alicyclic amines) is 1. The van der Waals surface area contributed by atoms with Crippen LogP contribution in [0.15, 0.2) is 17.3 Å². The molecule has 0 unspecified atom stereocenters. The van der Waals surface area contributed by atoms with Crippen LogP contribution in [0.4, 0.5) is 4.79 Å². The maximum absolute atomic E-state index is 12.5. The van der Waals surface area contributed by atoms with Crippen LogP contribution in [0, 0.1) is 3.57 Å². The highest BCUT2D eigenvalue weighted by atomic mass is 127. The van der Waals surface area contributed by atoms with Crippen LogP contribution in [0.25, 0.3) is 5.65 Å². The summed E-state index contributed by atoms with van der Waals surface area (Å²) in [5.41, 5.74) is -1.49. The number of rotatable bonds is 2. The molecule has 0 radical (unpaired) electrons. The summed E-state index contributed by atoms with van der Waals surface area (Å²) in [7, 11) is 0. The SMILES string of the molecule is CC(C)(C)OC(=O)N1CCC(O)(Cn2cnc3c(I)cnn3c2=O)CC1. The van der Waals surface area contributed by atoms with Gasteiger partial charge in [-0.05, 0) is 56.2 Å². The van der Waals surface area contributed by atoms with Crippen molar-refractivity contribution in [1.29, 1.82) is 0 Å². The first-order valence-corrected chi connectivity index (χ1v) is 9.45. The van der Waals surface area contributed by atoms with E-state index in [0.29, 0.717) is 31.6 Å². The molecule has 0 aliphatic carbocycles. The molecule has 2 aromatic heterocycles. The number of carbonyl (C=O) groups excluding carboxylic acids is 1. The van der Waals surface area contributed by atoms with Gasteiger partial charge in [-0.25, -0.2) is 14.6 Å². The second-order valence-electron chi connectivity index (χ2n) is 7.57. The van der Waals surface area contributed by atoms with Crippen molar-refractivity contribution in [3.05, 3.63) is 26.6 Å². The summed E-state index contributed by atoms with van der Waals surface area (Å²) in [6.07, 6.45) is 3.33. The highest BCUT2D eigenvalue weighted by molar-refractivity contribution is 14.1. The molecule has 9 nitrogen and oxygen atoms in total. The molecule has 1 amide bonds. The molecule has 0 aromatic carbocycles. The van der Waals surface area contributed by atoms with Crippen LogP contribution >= 0.6 is 22.6 Å². The van der Waals surface area contributed by atoms with Gasteiger partial charge in [-0.15, -0.1) is 0 Å². The smallest absolute Gasteiger partial charge is 0.410 e. The third-order valence-corrected chi connectivity index (χ3v) is 5.02. The highest BCUT2D eigenvalue weighted by Crippen LogP contribution is 2.25. The number of amides is 1. The Morgan fingerprint density at radius 3 is 2.65 bits per heavy atom. The number of piperidine rings is 1. The highest BCUT2D eigenvalue weighted by Gasteiger charge is 2.36. The fourth-order valence-corrected chi connectivity index (χ4v) is 3.38. The first kappa shape index (κ1) is 19.1.